The van der Waals surface area contributed by atoms with Crippen LogP contribution in [0.15, 0.2) is 0 Å². The van der Waals surface area contributed by atoms with Crippen LogP contribution in [0, 0.1) is 23.7 Å². The zero-order valence-corrected chi connectivity index (χ0v) is 25.3. The van der Waals surface area contributed by atoms with Crippen LogP contribution in [-0.2, 0) is 29.0 Å². The summed E-state index contributed by atoms with van der Waals surface area (Å²) in [4.78, 5) is 50.4. The molecule has 4 amide bonds. The molecular weight excluding hydrogens is 512 g/mol. The van der Waals surface area contributed by atoms with Crippen LogP contribution < -0.4 is 21.3 Å². The second-order valence-electron chi connectivity index (χ2n) is 11.1. The molecule has 0 radical (unpaired) electrons. The van der Waals surface area contributed by atoms with Gasteiger partial charge in [0.1, 0.15) is 21.9 Å². The number of hydrogen-bond acceptors (Lipinski definition) is 7. The first kappa shape index (κ1) is 35.8. The van der Waals surface area contributed by atoms with Crippen molar-refractivity contribution in [2.75, 3.05) is 18.6 Å². The maximum Gasteiger partial charge on any atom is 0.242 e. The SMILES string of the molecule is CCNC(=O)[C@H](C)NC(=O)[C@H](C)C[C@H](O)[C@H](CC(C)C)NC(=O)[C@H](CCS(C)(=O)=O)NC(=O)[C@@H](C)C(C)C. The smallest absolute Gasteiger partial charge is 0.242 e. The Balaban J connectivity index is 5.56. The standard InChI is InChI=1S/C26H50N4O7S/c1-10-27-25(34)19(8)28-23(32)17(6)14-22(31)21(13-15(2)3)30-26(35)20(11-12-38(9,36)37)29-24(33)18(7)16(4)5/h15-22,31H,10-14H2,1-9H3,(H,27,34)(H,28,32)(H,29,33)(H,30,35)/t17-,18+,19+,20+,21+,22+/m1/s1. The Morgan fingerprint density at radius 1 is 0.789 bits per heavy atom. The van der Waals surface area contributed by atoms with Gasteiger partial charge in [0.15, 0.2) is 0 Å². The molecule has 5 N–H and O–H groups in total. The first-order valence-corrected chi connectivity index (χ1v) is 15.5. The normalized spacial score (nSPS) is 16.6. The van der Waals surface area contributed by atoms with Crippen LogP contribution in [0.2, 0.25) is 0 Å². The van der Waals surface area contributed by atoms with Crippen molar-refractivity contribution in [1.29, 1.82) is 0 Å². The van der Waals surface area contributed by atoms with Crippen molar-refractivity contribution in [2.24, 2.45) is 23.7 Å². The third-order valence-corrected chi connectivity index (χ3v) is 7.46. The van der Waals surface area contributed by atoms with Gasteiger partial charge in [-0.2, -0.15) is 0 Å². The van der Waals surface area contributed by atoms with E-state index in [9.17, 15) is 32.7 Å². The zero-order valence-electron chi connectivity index (χ0n) is 24.5. The maximum absolute atomic E-state index is 13.2. The number of aliphatic hydroxyl groups is 1. The fourth-order valence-corrected chi connectivity index (χ4v) is 4.36. The molecule has 0 bridgehead atoms. The largest absolute Gasteiger partial charge is 0.391 e. The molecule has 0 unspecified atom stereocenters. The highest BCUT2D eigenvalue weighted by molar-refractivity contribution is 7.90. The second-order valence-corrected chi connectivity index (χ2v) is 13.3. The van der Waals surface area contributed by atoms with Crippen LogP contribution in [0.3, 0.4) is 0 Å². The van der Waals surface area contributed by atoms with Gasteiger partial charge in [0.2, 0.25) is 23.6 Å². The molecule has 12 heteroatoms. The molecule has 0 saturated carbocycles. The molecule has 0 aliphatic heterocycles. The Hall–Kier alpha value is -2.21. The molecule has 6 atom stereocenters. The molecular formula is C26H50N4O7S. The lowest BCUT2D eigenvalue weighted by molar-refractivity contribution is -0.133. The van der Waals surface area contributed by atoms with Crippen LogP contribution in [-0.4, -0.2) is 79.9 Å². The van der Waals surface area contributed by atoms with Gasteiger partial charge in [0.25, 0.3) is 0 Å². The molecule has 222 valence electrons. The monoisotopic (exact) mass is 562 g/mol. The molecule has 0 spiro atoms. The van der Waals surface area contributed by atoms with Gasteiger partial charge in [-0.1, -0.05) is 41.5 Å². The van der Waals surface area contributed by atoms with Crippen molar-refractivity contribution in [3.05, 3.63) is 0 Å². The van der Waals surface area contributed by atoms with Crippen LogP contribution in [0.25, 0.3) is 0 Å². The zero-order chi connectivity index (χ0) is 29.8. The minimum absolute atomic E-state index is 0.0209. The summed E-state index contributed by atoms with van der Waals surface area (Å²) in [5.74, 6) is -2.89. The summed E-state index contributed by atoms with van der Waals surface area (Å²) >= 11 is 0. The van der Waals surface area contributed by atoms with Crippen LogP contribution in [0.4, 0.5) is 0 Å². The average Bonchev–Trinajstić information content (AvgIpc) is 2.79. The fraction of sp³-hybridized carbons (Fsp3) is 0.846. The maximum atomic E-state index is 13.2. The number of nitrogens with one attached hydrogen (secondary N) is 4. The van der Waals surface area contributed by atoms with E-state index in [2.05, 4.69) is 21.3 Å². The Kier molecular flexibility index (Phi) is 15.7. The summed E-state index contributed by atoms with van der Waals surface area (Å²) in [5, 5.41) is 21.7. The van der Waals surface area contributed by atoms with Crippen molar-refractivity contribution in [3.8, 4) is 0 Å². The van der Waals surface area contributed by atoms with E-state index in [4.69, 9.17) is 0 Å². The Morgan fingerprint density at radius 3 is 1.84 bits per heavy atom. The lowest BCUT2D eigenvalue weighted by Crippen LogP contribution is -2.54. The second kappa shape index (κ2) is 16.7. The van der Waals surface area contributed by atoms with E-state index < -0.39 is 51.8 Å². The van der Waals surface area contributed by atoms with Crippen LogP contribution in [0.5, 0.6) is 0 Å². The first-order valence-electron chi connectivity index (χ1n) is 13.4. The van der Waals surface area contributed by atoms with Crippen molar-refractivity contribution in [2.45, 2.75) is 98.9 Å². The molecule has 0 aliphatic carbocycles. The highest BCUT2D eigenvalue weighted by Gasteiger charge is 2.31. The molecule has 0 saturated heterocycles. The molecule has 0 aromatic rings. The first-order chi connectivity index (χ1) is 17.4. The third-order valence-electron chi connectivity index (χ3n) is 6.49. The molecule has 0 fully saturated rings. The number of likely N-dealkylation sites (N-methyl/N-ethyl adjacent to an activating group) is 1. The summed E-state index contributed by atoms with van der Waals surface area (Å²) in [6.07, 6.45) is 0.276. The van der Waals surface area contributed by atoms with Gasteiger partial charge in [0.05, 0.1) is 17.9 Å². The predicted octanol–water partition coefficient (Wildman–Crippen LogP) is 0.757. The quantitative estimate of drug-likeness (QED) is 0.174. The summed E-state index contributed by atoms with van der Waals surface area (Å²) in [6.45, 7) is 14.7. The van der Waals surface area contributed by atoms with Crippen molar-refractivity contribution >= 4 is 33.5 Å². The third kappa shape index (κ3) is 14.1. The van der Waals surface area contributed by atoms with Gasteiger partial charge in [-0.15, -0.1) is 0 Å². The summed E-state index contributed by atoms with van der Waals surface area (Å²) in [6, 6.07) is -2.57. The minimum Gasteiger partial charge on any atom is -0.391 e. The average molecular weight is 563 g/mol. The van der Waals surface area contributed by atoms with Crippen LogP contribution >= 0.6 is 0 Å². The van der Waals surface area contributed by atoms with E-state index in [1.807, 2.05) is 27.7 Å². The van der Waals surface area contributed by atoms with E-state index >= 15 is 0 Å². The summed E-state index contributed by atoms with van der Waals surface area (Å²) in [5.41, 5.74) is 0. The summed E-state index contributed by atoms with van der Waals surface area (Å²) in [7, 11) is -3.39. The highest BCUT2D eigenvalue weighted by atomic mass is 32.2. The van der Waals surface area contributed by atoms with E-state index in [0.717, 1.165) is 6.26 Å². The number of sulfone groups is 1. The summed E-state index contributed by atoms with van der Waals surface area (Å²) < 4.78 is 23.5. The van der Waals surface area contributed by atoms with Crippen molar-refractivity contribution in [1.82, 2.24) is 21.3 Å². The van der Waals surface area contributed by atoms with E-state index in [0.29, 0.717) is 13.0 Å². The molecule has 0 heterocycles. The minimum atomic E-state index is -3.39. The number of hydrogen-bond donors (Lipinski definition) is 5. The van der Waals surface area contributed by atoms with E-state index in [1.165, 1.54) is 0 Å². The lowest BCUT2D eigenvalue weighted by atomic mass is 9.92. The topological polar surface area (TPSA) is 171 Å². The van der Waals surface area contributed by atoms with Gasteiger partial charge in [-0.25, -0.2) is 8.42 Å². The molecule has 38 heavy (non-hydrogen) atoms. The Bertz CT molecular complexity index is 892. The Labute approximate surface area is 228 Å². The van der Waals surface area contributed by atoms with Crippen LogP contribution in [0.1, 0.15) is 74.7 Å². The molecule has 11 nitrogen and oxygen atoms in total. The van der Waals surface area contributed by atoms with Gasteiger partial charge in [0, 0.05) is 24.6 Å². The van der Waals surface area contributed by atoms with Gasteiger partial charge in [-0.3, -0.25) is 19.2 Å². The predicted molar refractivity (Wildman–Crippen MR) is 148 cm³/mol. The number of aliphatic hydroxyl groups excluding tert-OH is 1. The number of carbonyl (C=O) groups is 4. The van der Waals surface area contributed by atoms with Crippen molar-refractivity contribution < 1.29 is 32.7 Å². The molecule has 0 aliphatic rings. The van der Waals surface area contributed by atoms with Gasteiger partial charge >= 0.3 is 0 Å². The lowest BCUT2D eigenvalue weighted by Gasteiger charge is -2.30. The highest BCUT2D eigenvalue weighted by Crippen LogP contribution is 2.17. The molecule has 0 aromatic carbocycles. The molecule has 0 aromatic heterocycles. The van der Waals surface area contributed by atoms with Gasteiger partial charge in [-0.05, 0) is 44.9 Å². The number of rotatable bonds is 17. The number of carbonyl (C=O) groups excluding carboxylic acids is 4. The van der Waals surface area contributed by atoms with Gasteiger partial charge < -0.3 is 26.4 Å². The molecule has 0 rings (SSSR count). The Morgan fingerprint density at radius 2 is 1.37 bits per heavy atom. The fourth-order valence-electron chi connectivity index (χ4n) is 3.69. The number of amides is 4. The van der Waals surface area contributed by atoms with E-state index in [1.54, 1.807) is 27.7 Å². The van der Waals surface area contributed by atoms with Crippen molar-refractivity contribution in [3.63, 3.8) is 0 Å². The van der Waals surface area contributed by atoms with E-state index in [-0.39, 0.29) is 48.2 Å².